The summed E-state index contributed by atoms with van der Waals surface area (Å²) in [6.07, 6.45) is 2.06. The summed E-state index contributed by atoms with van der Waals surface area (Å²) < 4.78 is 0. The number of likely N-dealkylation sites (tertiary alicyclic amines) is 1. The van der Waals surface area contributed by atoms with E-state index in [1.165, 1.54) is 6.42 Å². The Morgan fingerprint density at radius 2 is 2.25 bits per heavy atom. The van der Waals surface area contributed by atoms with Crippen LogP contribution in [0.15, 0.2) is 0 Å². The third-order valence-corrected chi connectivity index (χ3v) is 3.28. The largest absolute Gasteiger partial charge is 0.368 e. The van der Waals surface area contributed by atoms with Crippen molar-refractivity contribution >= 4 is 5.91 Å². The molecule has 1 saturated heterocycles. The van der Waals surface area contributed by atoms with Gasteiger partial charge in [0.15, 0.2) is 0 Å². The maximum absolute atomic E-state index is 11.2. The molecule has 3 N–H and O–H groups in total. The van der Waals surface area contributed by atoms with E-state index < -0.39 is 0 Å². The monoisotopic (exact) mass is 227 g/mol. The number of hydrogen-bond donors (Lipinski definition) is 2. The Labute approximate surface area is 98.6 Å². The summed E-state index contributed by atoms with van der Waals surface area (Å²) in [7, 11) is 0. The van der Waals surface area contributed by atoms with Gasteiger partial charge >= 0.3 is 0 Å². The lowest BCUT2D eigenvalue weighted by Gasteiger charge is -2.21. The van der Waals surface area contributed by atoms with Crippen molar-refractivity contribution in [2.24, 2.45) is 11.1 Å². The van der Waals surface area contributed by atoms with Crippen molar-refractivity contribution in [3.8, 4) is 0 Å². The van der Waals surface area contributed by atoms with Crippen LogP contribution in [0.1, 0.15) is 33.6 Å². The van der Waals surface area contributed by atoms with E-state index in [-0.39, 0.29) is 11.9 Å². The molecule has 0 aliphatic carbocycles. The number of rotatable bonds is 6. The van der Waals surface area contributed by atoms with Crippen LogP contribution in [0.25, 0.3) is 0 Å². The molecule has 0 radical (unpaired) electrons. The number of amides is 1. The molecule has 4 heteroatoms. The van der Waals surface area contributed by atoms with Crippen LogP contribution in [0.3, 0.4) is 0 Å². The van der Waals surface area contributed by atoms with Crippen molar-refractivity contribution in [2.45, 2.75) is 39.7 Å². The average Bonchev–Trinajstić information content (AvgIpc) is 2.52. The van der Waals surface area contributed by atoms with Gasteiger partial charge in [0.05, 0.1) is 6.04 Å². The van der Waals surface area contributed by atoms with Gasteiger partial charge in [0.2, 0.25) is 5.91 Å². The van der Waals surface area contributed by atoms with Gasteiger partial charge in [0, 0.05) is 13.1 Å². The molecule has 1 aliphatic heterocycles. The van der Waals surface area contributed by atoms with Crippen molar-refractivity contribution in [3.05, 3.63) is 0 Å². The highest BCUT2D eigenvalue weighted by molar-refractivity contribution is 5.79. The fourth-order valence-corrected chi connectivity index (χ4v) is 2.32. The van der Waals surface area contributed by atoms with Gasteiger partial charge in [-0.05, 0) is 31.3 Å². The van der Waals surface area contributed by atoms with Gasteiger partial charge in [-0.3, -0.25) is 4.79 Å². The lowest BCUT2D eigenvalue weighted by molar-refractivity contribution is -0.120. The summed E-state index contributed by atoms with van der Waals surface area (Å²) in [5.74, 6) is -0.236. The molecule has 1 aliphatic rings. The zero-order valence-corrected chi connectivity index (χ0v) is 10.8. The number of nitrogens with one attached hydrogen (secondary N) is 1. The van der Waals surface area contributed by atoms with Crippen LogP contribution in [0.2, 0.25) is 0 Å². The van der Waals surface area contributed by atoms with E-state index in [0.29, 0.717) is 5.41 Å². The molecule has 16 heavy (non-hydrogen) atoms. The normalized spacial score (nSPS) is 22.2. The fourth-order valence-electron chi connectivity index (χ4n) is 2.32. The van der Waals surface area contributed by atoms with Crippen molar-refractivity contribution < 1.29 is 4.79 Å². The van der Waals surface area contributed by atoms with Crippen LogP contribution in [-0.2, 0) is 4.79 Å². The van der Waals surface area contributed by atoms with Gasteiger partial charge in [0.25, 0.3) is 0 Å². The van der Waals surface area contributed by atoms with E-state index in [4.69, 9.17) is 5.73 Å². The lowest BCUT2D eigenvalue weighted by Crippen LogP contribution is -2.43. The molecule has 1 fully saturated rings. The fraction of sp³-hybridized carbons (Fsp3) is 0.917. The first kappa shape index (κ1) is 13.5. The Bertz CT molecular complexity index is 240. The Balaban J connectivity index is 2.30. The number of carbonyl (C=O) groups excluding carboxylic acids is 1. The standard InChI is InChI=1S/C12H25N3O/c1-4-14-10(11(13)16)5-7-15-8-6-12(2,3)9-15/h10,14H,4-9H2,1-3H3,(H2,13,16). The Morgan fingerprint density at radius 3 is 2.69 bits per heavy atom. The first-order valence-electron chi connectivity index (χ1n) is 6.19. The second kappa shape index (κ2) is 5.64. The summed E-state index contributed by atoms with van der Waals surface area (Å²) >= 11 is 0. The highest BCUT2D eigenvalue weighted by Gasteiger charge is 2.29. The topological polar surface area (TPSA) is 58.4 Å². The van der Waals surface area contributed by atoms with E-state index in [1.54, 1.807) is 0 Å². The maximum Gasteiger partial charge on any atom is 0.234 e. The van der Waals surface area contributed by atoms with Crippen LogP contribution >= 0.6 is 0 Å². The quantitative estimate of drug-likeness (QED) is 0.697. The summed E-state index contributed by atoms with van der Waals surface area (Å²) in [4.78, 5) is 13.6. The number of hydrogen-bond acceptors (Lipinski definition) is 3. The zero-order valence-electron chi connectivity index (χ0n) is 10.8. The Morgan fingerprint density at radius 1 is 1.56 bits per heavy atom. The van der Waals surface area contributed by atoms with Gasteiger partial charge in [-0.1, -0.05) is 20.8 Å². The molecule has 1 amide bonds. The van der Waals surface area contributed by atoms with E-state index in [1.807, 2.05) is 6.92 Å². The highest BCUT2D eigenvalue weighted by atomic mass is 16.1. The van der Waals surface area contributed by atoms with Crippen molar-refractivity contribution in [3.63, 3.8) is 0 Å². The minimum atomic E-state index is -0.236. The third-order valence-electron chi connectivity index (χ3n) is 3.28. The molecule has 94 valence electrons. The number of carbonyl (C=O) groups is 1. The van der Waals surface area contributed by atoms with E-state index in [0.717, 1.165) is 32.6 Å². The summed E-state index contributed by atoms with van der Waals surface area (Å²) in [6, 6.07) is -0.172. The van der Waals surface area contributed by atoms with Crippen molar-refractivity contribution in [2.75, 3.05) is 26.2 Å². The van der Waals surface area contributed by atoms with Gasteiger partial charge in [0.1, 0.15) is 0 Å². The number of primary amides is 1. The van der Waals surface area contributed by atoms with E-state index in [9.17, 15) is 4.79 Å². The van der Waals surface area contributed by atoms with Gasteiger partial charge in [-0.25, -0.2) is 0 Å². The zero-order chi connectivity index (χ0) is 12.2. The van der Waals surface area contributed by atoms with Crippen molar-refractivity contribution in [1.82, 2.24) is 10.2 Å². The smallest absolute Gasteiger partial charge is 0.234 e. The summed E-state index contributed by atoms with van der Waals surface area (Å²) in [5.41, 5.74) is 5.77. The highest BCUT2D eigenvalue weighted by Crippen LogP contribution is 2.28. The number of nitrogens with zero attached hydrogens (tertiary/aromatic N) is 1. The molecule has 0 aromatic heterocycles. The molecular formula is C12H25N3O. The molecule has 0 aromatic rings. The summed E-state index contributed by atoms with van der Waals surface area (Å²) in [6.45, 7) is 10.6. The molecule has 0 saturated carbocycles. The first-order valence-corrected chi connectivity index (χ1v) is 6.19. The van der Waals surface area contributed by atoms with Gasteiger partial charge in [-0.2, -0.15) is 0 Å². The molecule has 1 unspecified atom stereocenters. The Kier molecular flexibility index (Phi) is 4.74. The second-order valence-corrected chi connectivity index (χ2v) is 5.49. The minimum Gasteiger partial charge on any atom is -0.368 e. The van der Waals surface area contributed by atoms with Crippen LogP contribution in [0.4, 0.5) is 0 Å². The van der Waals surface area contributed by atoms with Crippen LogP contribution < -0.4 is 11.1 Å². The number of likely N-dealkylation sites (N-methyl/N-ethyl adjacent to an activating group) is 1. The SMILES string of the molecule is CCNC(CCN1CCC(C)(C)C1)C(N)=O. The molecular weight excluding hydrogens is 202 g/mol. The molecule has 0 spiro atoms. The van der Waals surface area contributed by atoms with E-state index in [2.05, 4.69) is 24.1 Å². The Hall–Kier alpha value is -0.610. The molecule has 4 nitrogen and oxygen atoms in total. The van der Waals surface area contributed by atoms with Gasteiger partial charge in [-0.15, -0.1) is 0 Å². The predicted octanol–water partition coefficient (Wildman–Crippen LogP) is 0.572. The number of nitrogens with two attached hydrogens (primary N) is 1. The van der Waals surface area contributed by atoms with Crippen LogP contribution in [0, 0.1) is 5.41 Å². The van der Waals surface area contributed by atoms with E-state index >= 15 is 0 Å². The van der Waals surface area contributed by atoms with Crippen LogP contribution in [-0.4, -0.2) is 43.0 Å². The third kappa shape index (κ3) is 4.10. The van der Waals surface area contributed by atoms with Crippen LogP contribution in [0.5, 0.6) is 0 Å². The second-order valence-electron chi connectivity index (χ2n) is 5.49. The first-order chi connectivity index (χ1) is 7.44. The van der Waals surface area contributed by atoms with Gasteiger partial charge < -0.3 is 16.0 Å². The molecule has 1 atom stereocenters. The summed E-state index contributed by atoms with van der Waals surface area (Å²) in [5, 5.41) is 3.13. The average molecular weight is 227 g/mol. The molecule has 1 rings (SSSR count). The maximum atomic E-state index is 11.2. The lowest BCUT2D eigenvalue weighted by atomic mass is 9.93. The van der Waals surface area contributed by atoms with Crippen molar-refractivity contribution in [1.29, 1.82) is 0 Å². The molecule has 0 aromatic carbocycles. The predicted molar refractivity (Wildman–Crippen MR) is 66.1 cm³/mol. The molecule has 0 bridgehead atoms. The molecule has 1 heterocycles. The minimum absolute atomic E-state index is 0.172.